The Hall–Kier alpha value is -1.58. The van der Waals surface area contributed by atoms with Gasteiger partial charge in [-0.05, 0) is 37.1 Å². The van der Waals surface area contributed by atoms with Gasteiger partial charge in [-0.25, -0.2) is 0 Å². The second-order valence-corrected chi connectivity index (χ2v) is 5.06. The van der Waals surface area contributed by atoms with Crippen molar-refractivity contribution in [1.29, 1.82) is 0 Å². The number of nitrogens with one attached hydrogen (secondary N) is 2. The second-order valence-electron chi connectivity index (χ2n) is 5.06. The highest BCUT2D eigenvalue weighted by molar-refractivity contribution is 5.26. The fraction of sp³-hybridized carbons (Fsp3) is 0.375. The van der Waals surface area contributed by atoms with Crippen LogP contribution in [-0.4, -0.2) is 19.1 Å². The minimum absolute atomic E-state index is 0.138. The highest BCUT2D eigenvalue weighted by Gasteiger charge is 2.19. The molecule has 0 aliphatic carbocycles. The summed E-state index contributed by atoms with van der Waals surface area (Å²) in [6, 6.07) is 15.2. The highest BCUT2D eigenvalue weighted by atomic mass is 16.3. The fourth-order valence-corrected chi connectivity index (χ4v) is 2.67. The molecule has 2 unspecified atom stereocenters. The topological polar surface area (TPSA) is 37.2 Å². The monoisotopic (exact) mass is 256 g/mol. The summed E-state index contributed by atoms with van der Waals surface area (Å²) >= 11 is 0. The van der Waals surface area contributed by atoms with E-state index in [-0.39, 0.29) is 6.04 Å². The van der Waals surface area contributed by atoms with Crippen molar-refractivity contribution in [3.05, 3.63) is 60.1 Å². The second kappa shape index (κ2) is 6.04. The van der Waals surface area contributed by atoms with Crippen molar-refractivity contribution in [2.75, 3.05) is 13.1 Å². The Morgan fingerprint density at radius 2 is 2.11 bits per heavy atom. The Labute approximate surface area is 114 Å². The molecule has 3 nitrogen and oxygen atoms in total. The van der Waals surface area contributed by atoms with Crippen LogP contribution < -0.4 is 10.6 Å². The molecule has 1 aliphatic rings. The Balaban J connectivity index is 1.73. The predicted molar refractivity (Wildman–Crippen MR) is 76.0 cm³/mol. The maximum atomic E-state index is 5.58. The van der Waals surface area contributed by atoms with Gasteiger partial charge in [-0.2, -0.15) is 0 Å². The predicted octanol–water partition coefficient (Wildman–Crippen LogP) is 2.71. The molecule has 1 aliphatic heterocycles. The van der Waals surface area contributed by atoms with Crippen LogP contribution >= 0.6 is 0 Å². The fourth-order valence-electron chi connectivity index (χ4n) is 2.67. The maximum absolute atomic E-state index is 5.58. The van der Waals surface area contributed by atoms with Crippen molar-refractivity contribution >= 4 is 0 Å². The lowest BCUT2D eigenvalue weighted by Crippen LogP contribution is -2.36. The molecular formula is C16H20N2O. The molecule has 3 heteroatoms. The zero-order valence-corrected chi connectivity index (χ0v) is 11.0. The molecule has 2 atom stereocenters. The molecule has 2 aromatic rings. The van der Waals surface area contributed by atoms with E-state index in [2.05, 4.69) is 34.9 Å². The Kier molecular flexibility index (Phi) is 3.96. The van der Waals surface area contributed by atoms with Crippen LogP contribution in [-0.2, 0) is 0 Å². The van der Waals surface area contributed by atoms with Crippen molar-refractivity contribution in [2.45, 2.75) is 24.9 Å². The van der Waals surface area contributed by atoms with Crippen molar-refractivity contribution in [3.63, 3.8) is 0 Å². The zero-order chi connectivity index (χ0) is 12.9. The quantitative estimate of drug-likeness (QED) is 0.863. The first-order valence-electron chi connectivity index (χ1n) is 6.98. The van der Waals surface area contributed by atoms with Crippen LogP contribution in [0.25, 0.3) is 0 Å². The van der Waals surface area contributed by atoms with Gasteiger partial charge in [0.15, 0.2) is 0 Å². The van der Waals surface area contributed by atoms with Gasteiger partial charge < -0.3 is 15.1 Å². The van der Waals surface area contributed by atoms with Gasteiger partial charge in [0.1, 0.15) is 5.76 Å². The average Bonchev–Trinajstić information content (AvgIpc) is 3.13. The van der Waals surface area contributed by atoms with E-state index in [1.807, 2.05) is 18.2 Å². The molecule has 100 valence electrons. The Morgan fingerprint density at radius 3 is 2.79 bits per heavy atom. The summed E-state index contributed by atoms with van der Waals surface area (Å²) in [5.41, 5.74) is 1.25. The van der Waals surface area contributed by atoms with E-state index >= 15 is 0 Å². The molecule has 0 bridgehead atoms. The molecule has 2 N–H and O–H groups in total. The Bertz CT molecular complexity index is 475. The zero-order valence-electron chi connectivity index (χ0n) is 11.0. The summed E-state index contributed by atoms with van der Waals surface area (Å²) in [7, 11) is 0. The first-order chi connectivity index (χ1) is 9.43. The number of rotatable bonds is 5. The van der Waals surface area contributed by atoms with Crippen LogP contribution in [0.3, 0.4) is 0 Å². The van der Waals surface area contributed by atoms with Crippen LogP contribution in [0.1, 0.15) is 30.2 Å². The molecule has 0 spiro atoms. The van der Waals surface area contributed by atoms with E-state index in [4.69, 9.17) is 4.42 Å². The summed E-state index contributed by atoms with van der Waals surface area (Å²) in [6.45, 7) is 2.11. The Morgan fingerprint density at radius 1 is 1.21 bits per heavy atom. The van der Waals surface area contributed by atoms with Gasteiger partial charge in [-0.1, -0.05) is 30.3 Å². The summed E-state index contributed by atoms with van der Waals surface area (Å²) in [5, 5.41) is 7.14. The van der Waals surface area contributed by atoms with Gasteiger partial charge >= 0.3 is 0 Å². The van der Waals surface area contributed by atoms with Gasteiger partial charge in [0.2, 0.25) is 0 Å². The minimum Gasteiger partial charge on any atom is -0.467 e. The highest BCUT2D eigenvalue weighted by Crippen LogP contribution is 2.22. The molecule has 0 saturated carbocycles. The number of benzene rings is 1. The third-order valence-electron chi connectivity index (χ3n) is 3.69. The molecule has 1 aromatic carbocycles. The van der Waals surface area contributed by atoms with Gasteiger partial charge in [0, 0.05) is 12.6 Å². The van der Waals surface area contributed by atoms with Crippen LogP contribution in [0, 0.1) is 0 Å². The van der Waals surface area contributed by atoms with E-state index in [0.29, 0.717) is 6.04 Å². The van der Waals surface area contributed by atoms with Crippen LogP contribution in [0.2, 0.25) is 0 Å². The van der Waals surface area contributed by atoms with Gasteiger partial charge in [0.05, 0.1) is 12.3 Å². The van der Waals surface area contributed by atoms with Crippen LogP contribution in [0.5, 0.6) is 0 Å². The van der Waals surface area contributed by atoms with E-state index in [0.717, 1.165) is 18.8 Å². The number of hydrogen-bond acceptors (Lipinski definition) is 3. The minimum atomic E-state index is 0.138. The first kappa shape index (κ1) is 12.5. The van der Waals surface area contributed by atoms with Crippen molar-refractivity contribution in [2.24, 2.45) is 0 Å². The van der Waals surface area contributed by atoms with E-state index in [1.165, 1.54) is 18.4 Å². The smallest absolute Gasteiger partial charge is 0.125 e. The van der Waals surface area contributed by atoms with Crippen LogP contribution in [0.15, 0.2) is 53.1 Å². The molecule has 3 rings (SSSR count). The molecule has 1 fully saturated rings. The van der Waals surface area contributed by atoms with Gasteiger partial charge in [-0.15, -0.1) is 0 Å². The van der Waals surface area contributed by atoms with Crippen LogP contribution in [0.4, 0.5) is 0 Å². The molecule has 19 heavy (non-hydrogen) atoms. The lowest BCUT2D eigenvalue weighted by atomic mass is 10.0. The molecule has 0 radical (unpaired) electrons. The van der Waals surface area contributed by atoms with Crippen molar-refractivity contribution < 1.29 is 4.42 Å². The first-order valence-corrected chi connectivity index (χ1v) is 6.98. The number of furan rings is 1. The third kappa shape index (κ3) is 3.06. The van der Waals surface area contributed by atoms with E-state index < -0.39 is 0 Å². The molecular weight excluding hydrogens is 236 g/mol. The molecule has 1 saturated heterocycles. The summed E-state index contributed by atoms with van der Waals surface area (Å²) in [5.74, 6) is 0.976. The standard InChI is InChI=1S/C16H20N2O/c1-2-6-13(7-3-1)16(15-9-5-11-19-15)18-12-14-8-4-10-17-14/h1-3,5-7,9,11,14,16-18H,4,8,10,12H2. The third-order valence-corrected chi connectivity index (χ3v) is 3.69. The molecule has 1 aromatic heterocycles. The summed E-state index contributed by atoms with van der Waals surface area (Å²) in [4.78, 5) is 0. The van der Waals surface area contributed by atoms with Crippen molar-refractivity contribution in [1.82, 2.24) is 10.6 Å². The van der Waals surface area contributed by atoms with E-state index in [9.17, 15) is 0 Å². The van der Waals surface area contributed by atoms with Crippen molar-refractivity contribution in [3.8, 4) is 0 Å². The number of hydrogen-bond donors (Lipinski definition) is 2. The average molecular weight is 256 g/mol. The lowest BCUT2D eigenvalue weighted by Gasteiger charge is -2.20. The molecule has 0 amide bonds. The lowest BCUT2D eigenvalue weighted by molar-refractivity contribution is 0.427. The van der Waals surface area contributed by atoms with E-state index in [1.54, 1.807) is 6.26 Å². The van der Waals surface area contributed by atoms with Gasteiger partial charge in [-0.3, -0.25) is 0 Å². The summed E-state index contributed by atoms with van der Waals surface area (Å²) < 4.78 is 5.58. The maximum Gasteiger partial charge on any atom is 0.125 e. The summed E-state index contributed by atoms with van der Waals surface area (Å²) in [6.07, 6.45) is 4.27. The molecule has 2 heterocycles. The van der Waals surface area contributed by atoms with Gasteiger partial charge in [0.25, 0.3) is 0 Å². The SMILES string of the molecule is c1ccc(C(NCC2CCCN2)c2ccco2)cc1. The normalized spacial score (nSPS) is 20.5. The largest absolute Gasteiger partial charge is 0.467 e.